The number of aliphatic carboxylic acids is 1. The minimum absolute atomic E-state index is 0.0827. The van der Waals surface area contributed by atoms with Crippen molar-refractivity contribution in [1.82, 2.24) is 16.0 Å². The molecule has 0 aliphatic rings. The second-order valence-corrected chi connectivity index (χ2v) is 8.36. The molecule has 2 aromatic rings. The molecular weight excluding hydrogens is 506 g/mol. The van der Waals surface area contributed by atoms with Crippen LogP contribution in [0.25, 0.3) is 0 Å². The van der Waals surface area contributed by atoms with Gasteiger partial charge in [-0.1, -0.05) is 60.7 Å². The summed E-state index contributed by atoms with van der Waals surface area (Å²) in [6.07, 6.45) is 0. The van der Waals surface area contributed by atoms with E-state index in [-0.39, 0.29) is 30.4 Å². The number of carbonyl (C=O) groups excluding carboxylic acids is 4. The van der Waals surface area contributed by atoms with Crippen molar-refractivity contribution >= 4 is 23.7 Å². The van der Waals surface area contributed by atoms with Crippen LogP contribution < -0.4 is 32.5 Å². The third kappa shape index (κ3) is 18.1. The lowest BCUT2D eigenvalue weighted by molar-refractivity contribution is -0.409. The monoisotopic (exact) mass is 547 g/mol. The van der Waals surface area contributed by atoms with Crippen molar-refractivity contribution in [2.45, 2.75) is 45.1 Å². The van der Waals surface area contributed by atoms with Crippen molar-refractivity contribution in [3.05, 3.63) is 71.8 Å². The van der Waals surface area contributed by atoms with E-state index < -0.39 is 18.1 Å². The summed E-state index contributed by atoms with van der Waals surface area (Å²) in [6.45, 7) is 4.21. The first-order valence-electron chi connectivity index (χ1n) is 12.2. The molecule has 39 heavy (non-hydrogen) atoms. The molecule has 0 saturated carbocycles. The quantitative estimate of drug-likeness (QED) is 0.203. The van der Waals surface area contributed by atoms with E-state index in [0.29, 0.717) is 19.7 Å². The van der Waals surface area contributed by atoms with Crippen LogP contribution in [0.4, 0.5) is 0 Å². The molecule has 3 amide bonds. The lowest BCUT2D eigenvalue weighted by Crippen LogP contribution is -2.69. The summed E-state index contributed by atoms with van der Waals surface area (Å²) in [5.74, 6) is -1.92. The largest absolute Gasteiger partial charge is 0.548 e. The second-order valence-electron chi connectivity index (χ2n) is 8.36. The molecule has 216 valence electrons. The molecule has 0 saturated heterocycles. The van der Waals surface area contributed by atoms with Crippen LogP contribution in [0, 0.1) is 0 Å². The molecule has 0 fully saturated rings. The van der Waals surface area contributed by atoms with Crippen LogP contribution in [0.2, 0.25) is 0 Å². The van der Waals surface area contributed by atoms with Gasteiger partial charge in [-0.2, -0.15) is 0 Å². The number of carboxylic acids is 1. The van der Waals surface area contributed by atoms with Gasteiger partial charge in [-0.05, 0) is 18.1 Å². The maximum absolute atomic E-state index is 11.5. The Kier molecular flexibility index (Phi) is 19.1. The highest BCUT2D eigenvalue weighted by molar-refractivity contribution is 5.81. The number of methoxy groups -OCH3 is 2. The van der Waals surface area contributed by atoms with Crippen molar-refractivity contribution in [2.24, 2.45) is 5.73 Å². The van der Waals surface area contributed by atoms with Crippen molar-refractivity contribution < 1.29 is 39.5 Å². The highest BCUT2D eigenvalue weighted by Gasteiger charge is 2.15. The Morgan fingerprint density at radius 3 is 1.64 bits per heavy atom. The minimum atomic E-state index is -1.27. The van der Waals surface area contributed by atoms with Crippen molar-refractivity contribution in [3.8, 4) is 0 Å². The van der Waals surface area contributed by atoms with E-state index in [9.17, 15) is 24.3 Å². The second kappa shape index (κ2) is 21.1. The van der Waals surface area contributed by atoms with Crippen molar-refractivity contribution in [3.63, 3.8) is 0 Å². The topological polar surface area (TPSA) is 200 Å². The van der Waals surface area contributed by atoms with Crippen LogP contribution in [0.1, 0.15) is 25.0 Å². The number of rotatable bonds is 12. The molecule has 12 nitrogen and oxygen atoms in total. The first-order valence-corrected chi connectivity index (χ1v) is 12.2. The van der Waals surface area contributed by atoms with Crippen LogP contribution in [0.15, 0.2) is 60.7 Å². The summed E-state index contributed by atoms with van der Waals surface area (Å²) in [5.41, 5.74) is 11.4. The number of ether oxygens (including phenoxy) is 2. The van der Waals surface area contributed by atoms with E-state index in [1.807, 2.05) is 60.7 Å². The fourth-order valence-corrected chi connectivity index (χ4v) is 2.74. The van der Waals surface area contributed by atoms with Gasteiger partial charge in [-0.15, -0.1) is 0 Å². The molecule has 0 aliphatic carbocycles. The molecule has 0 bridgehead atoms. The Morgan fingerprint density at radius 1 is 0.846 bits per heavy atom. The van der Waals surface area contributed by atoms with Gasteiger partial charge in [-0.3, -0.25) is 14.4 Å². The molecule has 8 N–H and O–H groups in total. The fourth-order valence-electron chi connectivity index (χ4n) is 2.74. The zero-order chi connectivity index (χ0) is 29.6. The summed E-state index contributed by atoms with van der Waals surface area (Å²) in [6, 6.07) is 17.6. The molecule has 2 aromatic carbocycles. The fraction of sp³-hybridized carbons (Fsp3) is 0.407. The standard InChI is InChI=1S/2C11H16N2O2.C5H9NO3/c2*1-15-8-10(12)11(14)13-7-9-5-3-2-4-6-9;1-3(5(8)9)6-4(2)7/h2*2-6,10H,7-8,12H2,1H3,(H,13,14);3H,1-2H3,(H,6,7)(H,8,9)/t10-;;3-/m1.0/s1. The summed E-state index contributed by atoms with van der Waals surface area (Å²) in [4.78, 5) is 42.9. The number of amides is 3. The number of benzene rings is 2. The molecule has 1 unspecified atom stereocenters. The van der Waals surface area contributed by atoms with Gasteiger partial charge in [0, 0.05) is 34.2 Å². The third-order valence-corrected chi connectivity index (χ3v) is 4.81. The Morgan fingerprint density at radius 2 is 1.28 bits per heavy atom. The Hall–Kier alpha value is -3.84. The van der Waals surface area contributed by atoms with Crippen LogP contribution in [0.5, 0.6) is 0 Å². The van der Waals surface area contributed by atoms with Gasteiger partial charge in [0.25, 0.3) is 5.91 Å². The van der Waals surface area contributed by atoms with Gasteiger partial charge < -0.3 is 46.8 Å². The first kappa shape index (κ1) is 35.2. The lowest BCUT2D eigenvalue weighted by Gasteiger charge is -2.11. The van der Waals surface area contributed by atoms with Gasteiger partial charge in [0.2, 0.25) is 11.8 Å². The molecule has 0 aromatic heterocycles. The molecule has 3 atom stereocenters. The molecule has 12 heteroatoms. The lowest BCUT2D eigenvalue weighted by atomic mass is 10.2. The highest BCUT2D eigenvalue weighted by atomic mass is 16.5. The first-order chi connectivity index (χ1) is 18.5. The van der Waals surface area contributed by atoms with Crippen LogP contribution in [0.3, 0.4) is 0 Å². The van der Waals surface area contributed by atoms with Gasteiger partial charge in [-0.25, -0.2) is 0 Å². The van der Waals surface area contributed by atoms with Crippen LogP contribution in [-0.4, -0.2) is 69.2 Å². The van der Waals surface area contributed by atoms with Gasteiger partial charge in [0.15, 0.2) is 6.04 Å². The minimum Gasteiger partial charge on any atom is -0.548 e. The molecule has 0 radical (unpaired) electrons. The van der Waals surface area contributed by atoms with Gasteiger partial charge in [0.1, 0.15) is 12.6 Å². The number of hydrogen-bond donors (Lipinski definition) is 5. The zero-order valence-corrected chi connectivity index (χ0v) is 23.0. The average molecular weight is 548 g/mol. The molecule has 0 aliphatic heterocycles. The maximum atomic E-state index is 11.5. The number of carboxylic acid groups (broad SMARTS) is 1. The maximum Gasteiger partial charge on any atom is 0.280 e. The van der Waals surface area contributed by atoms with E-state index in [4.69, 9.17) is 15.2 Å². The number of hydrogen-bond acceptors (Lipinski definition) is 8. The molecule has 0 heterocycles. The zero-order valence-electron chi connectivity index (χ0n) is 23.0. The van der Waals surface area contributed by atoms with E-state index in [2.05, 4.69) is 21.7 Å². The number of quaternary nitrogens is 1. The normalized spacial score (nSPS) is 12.2. The van der Waals surface area contributed by atoms with Crippen molar-refractivity contribution in [1.29, 1.82) is 0 Å². The summed E-state index contributed by atoms with van der Waals surface area (Å²) >= 11 is 0. The van der Waals surface area contributed by atoms with Crippen LogP contribution in [-0.2, 0) is 41.7 Å². The number of nitrogens with one attached hydrogen (secondary N) is 3. The number of carbonyl (C=O) groups is 4. The molecular formula is C27H41N5O7. The Bertz CT molecular complexity index is 914. The summed E-state index contributed by atoms with van der Waals surface area (Å²) in [5, 5.41) is 17.6. The average Bonchev–Trinajstić information content (AvgIpc) is 2.92. The highest BCUT2D eigenvalue weighted by Crippen LogP contribution is 1.98. The smallest absolute Gasteiger partial charge is 0.280 e. The van der Waals surface area contributed by atoms with E-state index in [1.165, 1.54) is 21.0 Å². The Labute approximate surface area is 229 Å². The SMILES string of the molecule is CC(=O)N[C@@H](C)C(=O)[O-].COCC(N)C(=O)NCc1ccccc1.COC[C@@H]([NH3+])C(=O)NCc1ccccc1. The Balaban J connectivity index is 0.000000576. The molecule has 0 spiro atoms. The van der Waals surface area contributed by atoms with Crippen molar-refractivity contribution in [2.75, 3.05) is 27.4 Å². The third-order valence-electron chi connectivity index (χ3n) is 4.81. The van der Waals surface area contributed by atoms with E-state index in [1.54, 1.807) is 7.11 Å². The van der Waals surface area contributed by atoms with E-state index >= 15 is 0 Å². The predicted octanol–water partition coefficient (Wildman–Crippen LogP) is -1.90. The molecule has 2 rings (SSSR count). The van der Waals surface area contributed by atoms with Crippen LogP contribution >= 0.6 is 0 Å². The predicted molar refractivity (Wildman–Crippen MR) is 143 cm³/mol. The van der Waals surface area contributed by atoms with Gasteiger partial charge in [0.05, 0.1) is 18.6 Å². The van der Waals surface area contributed by atoms with Gasteiger partial charge >= 0.3 is 0 Å². The summed E-state index contributed by atoms with van der Waals surface area (Å²) in [7, 11) is 3.08. The van der Waals surface area contributed by atoms with E-state index in [0.717, 1.165) is 11.1 Å². The summed E-state index contributed by atoms with van der Waals surface area (Å²) < 4.78 is 9.64. The number of nitrogens with two attached hydrogens (primary N) is 1.